The molecule has 84 valence electrons. The summed E-state index contributed by atoms with van der Waals surface area (Å²) < 4.78 is 0.836. The Kier molecular flexibility index (Phi) is 4.86. The average Bonchev–Trinajstić information content (AvgIpc) is 2.19. The lowest BCUT2D eigenvalue weighted by Crippen LogP contribution is -2.06. The Bertz CT molecular complexity index is 342. The summed E-state index contributed by atoms with van der Waals surface area (Å²) in [7, 11) is 0. The monoisotopic (exact) mass is 289 g/mol. The van der Waals surface area contributed by atoms with Crippen LogP contribution in [0.2, 0.25) is 0 Å². The summed E-state index contributed by atoms with van der Waals surface area (Å²) in [5.41, 5.74) is 6.82. The second-order valence-corrected chi connectivity index (χ2v) is 5.58. The molecule has 0 bridgehead atoms. The van der Waals surface area contributed by atoms with Crippen LogP contribution in [0.15, 0.2) is 4.47 Å². The van der Waals surface area contributed by atoms with Crippen LogP contribution in [0.5, 0.6) is 0 Å². The van der Waals surface area contributed by atoms with Gasteiger partial charge < -0.3 is 5.73 Å². The minimum absolute atomic E-state index is 0.357. The second kappa shape index (κ2) is 5.70. The average molecular weight is 290 g/mol. The van der Waals surface area contributed by atoms with Crippen molar-refractivity contribution in [2.75, 3.05) is 11.5 Å². The van der Waals surface area contributed by atoms with Crippen molar-refractivity contribution in [2.24, 2.45) is 0 Å². The molecular weight excluding hydrogens is 274 g/mol. The highest BCUT2D eigenvalue weighted by atomic mass is 79.9. The number of rotatable bonds is 4. The minimum Gasteiger partial charge on any atom is -0.383 e. The molecule has 1 heterocycles. The fourth-order valence-electron chi connectivity index (χ4n) is 1.17. The van der Waals surface area contributed by atoms with E-state index in [2.05, 4.69) is 46.7 Å². The van der Waals surface area contributed by atoms with Crippen LogP contribution in [0.4, 0.5) is 5.82 Å². The lowest BCUT2D eigenvalue weighted by Gasteiger charge is -2.11. The Hall–Kier alpha value is -0.290. The molecule has 1 aromatic heterocycles. The number of hydrogen-bond acceptors (Lipinski definition) is 4. The maximum atomic E-state index is 5.82. The third-order valence-corrected chi connectivity index (χ3v) is 3.61. The van der Waals surface area contributed by atoms with Crippen LogP contribution in [-0.4, -0.2) is 15.7 Å². The summed E-state index contributed by atoms with van der Waals surface area (Å²) >= 11 is 5.23. The van der Waals surface area contributed by atoms with Crippen molar-refractivity contribution in [2.45, 2.75) is 32.4 Å². The lowest BCUT2D eigenvalue weighted by atomic mass is 10.1. The Morgan fingerprint density at radius 1 is 1.40 bits per heavy atom. The molecule has 0 atom stereocenters. The molecule has 1 rings (SSSR count). The first-order valence-electron chi connectivity index (χ1n) is 4.95. The molecule has 2 N–H and O–H groups in total. The van der Waals surface area contributed by atoms with E-state index < -0.39 is 0 Å². The Morgan fingerprint density at radius 3 is 2.60 bits per heavy atom. The predicted octanol–water partition coefficient (Wildman–Crippen LogP) is 3.20. The molecule has 0 saturated carbocycles. The SMILES string of the molecule is CCSCc1nc(N)c(Br)c(C(C)C)n1. The van der Waals surface area contributed by atoms with Gasteiger partial charge in [0.1, 0.15) is 11.6 Å². The highest BCUT2D eigenvalue weighted by molar-refractivity contribution is 9.10. The van der Waals surface area contributed by atoms with Gasteiger partial charge in [-0.15, -0.1) is 0 Å². The summed E-state index contributed by atoms with van der Waals surface area (Å²) in [6.07, 6.45) is 0. The van der Waals surface area contributed by atoms with Gasteiger partial charge >= 0.3 is 0 Å². The van der Waals surface area contributed by atoms with E-state index in [1.807, 2.05) is 0 Å². The number of nitrogens with two attached hydrogens (primary N) is 1. The van der Waals surface area contributed by atoms with Gasteiger partial charge in [-0.2, -0.15) is 11.8 Å². The van der Waals surface area contributed by atoms with Crippen LogP contribution in [0, 0.1) is 0 Å². The standard InChI is InChI=1S/C10H16BrN3S/c1-4-15-5-7-13-9(6(2)3)8(11)10(12)14-7/h6H,4-5H2,1-3H3,(H2,12,13,14). The van der Waals surface area contributed by atoms with Crippen LogP contribution in [-0.2, 0) is 5.75 Å². The highest BCUT2D eigenvalue weighted by Crippen LogP contribution is 2.27. The third-order valence-electron chi connectivity index (χ3n) is 1.93. The summed E-state index contributed by atoms with van der Waals surface area (Å²) in [5, 5.41) is 0. The van der Waals surface area contributed by atoms with E-state index in [4.69, 9.17) is 5.73 Å². The number of aromatic nitrogens is 2. The van der Waals surface area contributed by atoms with E-state index in [0.29, 0.717) is 11.7 Å². The molecule has 0 radical (unpaired) electrons. The summed E-state index contributed by atoms with van der Waals surface area (Å²) in [5.74, 6) is 3.62. The molecule has 0 aliphatic carbocycles. The van der Waals surface area contributed by atoms with Crippen molar-refractivity contribution < 1.29 is 0 Å². The first-order chi connectivity index (χ1) is 7.06. The number of halogens is 1. The smallest absolute Gasteiger partial charge is 0.141 e. The topological polar surface area (TPSA) is 51.8 Å². The third kappa shape index (κ3) is 3.34. The Morgan fingerprint density at radius 2 is 2.07 bits per heavy atom. The zero-order chi connectivity index (χ0) is 11.4. The van der Waals surface area contributed by atoms with Gasteiger partial charge in [0.05, 0.1) is 15.9 Å². The molecule has 0 saturated heterocycles. The number of anilines is 1. The molecule has 0 amide bonds. The summed E-state index contributed by atoms with van der Waals surface area (Å²) in [6.45, 7) is 6.32. The van der Waals surface area contributed by atoms with E-state index in [1.54, 1.807) is 11.8 Å². The second-order valence-electron chi connectivity index (χ2n) is 3.52. The first-order valence-corrected chi connectivity index (χ1v) is 6.90. The Labute approximate surface area is 103 Å². The normalized spacial score (nSPS) is 11.0. The minimum atomic E-state index is 0.357. The van der Waals surface area contributed by atoms with E-state index in [-0.39, 0.29) is 0 Å². The van der Waals surface area contributed by atoms with Crippen molar-refractivity contribution in [3.63, 3.8) is 0 Å². The van der Waals surface area contributed by atoms with Crippen molar-refractivity contribution >= 4 is 33.5 Å². The van der Waals surface area contributed by atoms with Crippen LogP contribution >= 0.6 is 27.7 Å². The molecule has 15 heavy (non-hydrogen) atoms. The molecule has 0 aliphatic heterocycles. The van der Waals surface area contributed by atoms with Crippen molar-refractivity contribution in [3.8, 4) is 0 Å². The van der Waals surface area contributed by atoms with E-state index in [1.165, 1.54) is 0 Å². The zero-order valence-corrected chi connectivity index (χ0v) is 11.7. The fourth-order valence-corrected chi connectivity index (χ4v) is 2.32. The molecule has 1 aromatic rings. The summed E-state index contributed by atoms with van der Waals surface area (Å²) in [6, 6.07) is 0. The maximum absolute atomic E-state index is 5.82. The molecule has 5 heteroatoms. The van der Waals surface area contributed by atoms with Gasteiger partial charge in [-0.3, -0.25) is 0 Å². The van der Waals surface area contributed by atoms with Crippen LogP contribution in [0.25, 0.3) is 0 Å². The molecular formula is C10H16BrN3S. The maximum Gasteiger partial charge on any atom is 0.141 e. The summed E-state index contributed by atoms with van der Waals surface area (Å²) in [4.78, 5) is 8.76. The molecule has 0 fully saturated rings. The van der Waals surface area contributed by atoms with Gasteiger partial charge in [-0.25, -0.2) is 9.97 Å². The van der Waals surface area contributed by atoms with Crippen molar-refractivity contribution in [3.05, 3.63) is 16.0 Å². The van der Waals surface area contributed by atoms with Crippen molar-refractivity contribution in [1.29, 1.82) is 0 Å². The van der Waals surface area contributed by atoms with Crippen LogP contribution < -0.4 is 5.73 Å². The zero-order valence-electron chi connectivity index (χ0n) is 9.25. The first kappa shape index (κ1) is 12.8. The van der Waals surface area contributed by atoms with Gasteiger partial charge in [0, 0.05) is 0 Å². The molecule has 0 unspecified atom stereocenters. The van der Waals surface area contributed by atoms with Gasteiger partial charge in [0.25, 0.3) is 0 Å². The number of nitrogen functional groups attached to an aromatic ring is 1. The quantitative estimate of drug-likeness (QED) is 0.925. The van der Waals surface area contributed by atoms with Gasteiger partial charge in [0.2, 0.25) is 0 Å². The van der Waals surface area contributed by atoms with E-state index in [0.717, 1.165) is 27.5 Å². The van der Waals surface area contributed by atoms with Gasteiger partial charge in [-0.1, -0.05) is 20.8 Å². The molecule has 0 aliphatic rings. The van der Waals surface area contributed by atoms with E-state index in [9.17, 15) is 0 Å². The van der Waals surface area contributed by atoms with Crippen LogP contribution in [0.3, 0.4) is 0 Å². The van der Waals surface area contributed by atoms with Gasteiger partial charge in [-0.05, 0) is 27.6 Å². The van der Waals surface area contributed by atoms with Crippen LogP contribution in [0.1, 0.15) is 38.2 Å². The van der Waals surface area contributed by atoms with Gasteiger partial charge in [0.15, 0.2) is 0 Å². The number of thioether (sulfide) groups is 1. The lowest BCUT2D eigenvalue weighted by molar-refractivity contribution is 0.794. The predicted molar refractivity (Wildman–Crippen MR) is 70.1 cm³/mol. The highest BCUT2D eigenvalue weighted by Gasteiger charge is 2.12. The molecule has 0 spiro atoms. The number of nitrogens with zero attached hydrogens (tertiary/aromatic N) is 2. The Balaban J connectivity index is 3.00. The fraction of sp³-hybridized carbons (Fsp3) is 0.600. The largest absolute Gasteiger partial charge is 0.383 e. The number of hydrogen-bond donors (Lipinski definition) is 1. The molecule has 0 aromatic carbocycles. The molecule has 3 nitrogen and oxygen atoms in total. The van der Waals surface area contributed by atoms with E-state index >= 15 is 0 Å². The van der Waals surface area contributed by atoms with Crippen molar-refractivity contribution in [1.82, 2.24) is 9.97 Å².